The maximum atomic E-state index is 5.96. The van der Waals surface area contributed by atoms with Gasteiger partial charge in [0.1, 0.15) is 5.69 Å². The predicted molar refractivity (Wildman–Crippen MR) is 82.5 cm³/mol. The van der Waals surface area contributed by atoms with Gasteiger partial charge in [-0.1, -0.05) is 12.1 Å². The maximum Gasteiger partial charge on any atom is 0.175 e. The van der Waals surface area contributed by atoms with Crippen LogP contribution in [0.4, 0.5) is 0 Å². The van der Waals surface area contributed by atoms with Gasteiger partial charge >= 0.3 is 0 Å². The highest BCUT2D eigenvalue weighted by Crippen LogP contribution is 2.40. The second kappa shape index (κ2) is 6.07. The van der Waals surface area contributed by atoms with E-state index in [9.17, 15) is 0 Å². The Hall–Kier alpha value is -1.53. The minimum atomic E-state index is -0.130. The van der Waals surface area contributed by atoms with Gasteiger partial charge in [0, 0.05) is 18.1 Å². The van der Waals surface area contributed by atoms with Crippen molar-refractivity contribution < 1.29 is 14.0 Å². The Labute approximate surface area is 131 Å². The van der Waals surface area contributed by atoms with E-state index in [1.807, 2.05) is 25.1 Å². The molecule has 2 heterocycles. The van der Waals surface area contributed by atoms with Gasteiger partial charge in [-0.3, -0.25) is 0 Å². The zero-order valence-electron chi connectivity index (χ0n) is 11.8. The first-order valence-corrected chi connectivity index (χ1v) is 7.80. The van der Waals surface area contributed by atoms with Crippen molar-refractivity contribution in [1.29, 1.82) is 0 Å². The monoisotopic (exact) mass is 352 g/mol. The summed E-state index contributed by atoms with van der Waals surface area (Å²) in [5.74, 6) is 2.15. The lowest BCUT2D eigenvalue weighted by Crippen LogP contribution is -2.06. The largest absolute Gasteiger partial charge is 0.489 e. The Morgan fingerprint density at radius 3 is 2.90 bits per heavy atom. The highest BCUT2D eigenvalue weighted by Gasteiger charge is 2.18. The third-order valence-corrected chi connectivity index (χ3v) is 4.02. The molecule has 1 unspecified atom stereocenters. The van der Waals surface area contributed by atoms with Gasteiger partial charge in [-0.15, -0.1) is 0 Å². The molecule has 6 heteroatoms. The van der Waals surface area contributed by atoms with Crippen molar-refractivity contribution in [1.82, 2.24) is 5.16 Å². The van der Waals surface area contributed by atoms with Gasteiger partial charge in [-0.05, 0) is 34.5 Å². The van der Waals surface area contributed by atoms with E-state index in [0.29, 0.717) is 19.0 Å². The molecule has 0 saturated heterocycles. The molecule has 1 aromatic carbocycles. The van der Waals surface area contributed by atoms with Gasteiger partial charge in [-0.25, -0.2) is 0 Å². The first-order valence-electron chi connectivity index (χ1n) is 7.00. The molecule has 5 nitrogen and oxygen atoms in total. The number of nitrogens with two attached hydrogens (primary N) is 1. The fourth-order valence-corrected chi connectivity index (χ4v) is 2.74. The molecule has 0 fully saturated rings. The molecule has 2 N–H and O–H groups in total. The minimum absolute atomic E-state index is 0.130. The Kier molecular flexibility index (Phi) is 4.17. The molecule has 0 radical (unpaired) electrons. The lowest BCUT2D eigenvalue weighted by molar-refractivity contribution is 0.296. The molecule has 0 bridgehead atoms. The van der Waals surface area contributed by atoms with Gasteiger partial charge in [0.25, 0.3) is 0 Å². The van der Waals surface area contributed by atoms with E-state index in [4.69, 9.17) is 19.7 Å². The number of hydrogen-bond donors (Lipinski definition) is 1. The lowest BCUT2D eigenvalue weighted by Gasteiger charge is -2.10. The van der Waals surface area contributed by atoms with Crippen molar-refractivity contribution in [2.75, 3.05) is 13.2 Å². The Bertz CT molecular complexity index is 642. The molecular weight excluding hydrogens is 336 g/mol. The standard InChI is InChI=1S/C15H17BrN2O3/c1-2-11(17)13-8-12(18-21-13)9-6-10(16)15-14(7-9)19-4-3-5-20-15/h6-8,11H,2-5,17H2,1H3. The van der Waals surface area contributed by atoms with Crippen molar-refractivity contribution in [2.24, 2.45) is 5.73 Å². The van der Waals surface area contributed by atoms with Crippen LogP contribution in [0.25, 0.3) is 11.3 Å². The summed E-state index contributed by atoms with van der Waals surface area (Å²) < 4.78 is 17.6. The summed E-state index contributed by atoms with van der Waals surface area (Å²) in [6.07, 6.45) is 1.68. The normalized spacial score (nSPS) is 15.6. The second-order valence-corrected chi connectivity index (χ2v) is 5.82. The zero-order valence-corrected chi connectivity index (χ0v) is 13.4. The Morgan fingerprint density at radius 1 is 1.29 bits per heavy atom. The maximum absolute atomic E-state index is 5.96. The molecule has 2 aromatic rings. The topological polar surface area (TPSA) is 70.5 Å². The van der Waals surface area contributed by atoms with Gasteiger partial charge in [0.05, 0.1) is 23.7 Å². The van der Waals surface area contributed by atoms with E-state index in [-0.39, 0.29) is 6.04 Å². The number of ether oxygens (including phenoxy) is 2. The Balaban J connectivity index is 1.97. The van der Waals surface area contributed by atoms with Crippen LogP contribution < -0.4 is 15.2 Å². The molecule has 21 heavy (non-hydrogen) atoms. The van der Waals surface area contributed by atoms with E-state index in [0.717, 1.165) is 40.1 Å². The molecule has 0 spiro atoms. The van der Waals surface area contributed by atoms with Crippen molar-refractivity contribution >= 4 is 15.9 Å². The predicted octanol–water partition coefficient (Wildman–Crippen LogP) is 3.68. The van der Waals surface area contributed by atoms with E-state index >= 15 is 0 Å². The van der Waals surface area contributed by atoms with Crippen molar-refractivity contribution in [3.05, 3.63) is 28.4 Å². The van der Waals surface area contributed by atoms with Crippen LogP contribution in [0.3, 0.4) is 0 Å². The van der Waals surface area contributed by atoms with Crippen LogP contribution in [0.1, 0.15) is 31.6 Å². The number of fused-ring (bicyclic) bond motifs is 1. The molecule has 1 atom stereocenters. The molecule has 3 rings (SSSR count). The SMILES string of the molecule is CCC(N)c1cc(-c2cc(Br)c3c(c2)OCCCO3)no1. The molecule has 112 valence electrons. The van der Waals surface area contributed by atoms with E-state index in [1.165, 1.54) is 0 Å². The van der Waals surface area contributed by atoms with Crippen LogP contribution >= 0.6 is 15.9 Å². The Morgan fingerprint density at radius 2 is 2.10 bits per heavy atom. The summed E-state index contributed by atoms with van der Waals surface area (Å²) >= 11 is 3.53. The average Bonchev–Trinajstić information content (AvgIpc) is 2.86. The number of hydrogen-bond acceptors (Lipinski definition) is 5. The fraction of sp³-hybridized carbons (Fsp3) is 0.400. The summed E-state index contributed by atoms with van der Waals surface area (Å²) in [6, 6.07) is 5.62. The van der Waals surface area contributed by atoms with Crippen molar-refractivity contribution in [2.45, 2.75) is 25.8 Å². The summed E-state index contributed by atoms with van der Waals surface area (Å²) in [6.45, 7) is 3.31. The highest BCUT2D eigenvalue weighted by molar-refractivity contribution is 9.10. The number of halogens is 1. The van der Waals surface area contributed by atoms with E-state index < -0.39 is 0 Å². The van der Waals surface area contributed by atoms with E-state index in [2.05, 4.69) is 21.1 Å². The van der Waals surface area contributed by atoms with Gasteiger partial charge in [-0.2, -0.15) is 0 Å². The van der Waals surface area contributed by atoms with Gasteiger partial charge in [0.15, 0.2) is 17.3 Å². The molecule has 0 saturated carbocycles. The number of aromatic nitrogens is 1. The van der Waals surface area contributed by atoms with Gasteiger partial charge < -0.3 is 19.7 Å². The lowest BCUT2D eigenvalue weighted by atomic mass is 10.1. The van der Waals surface area contributed by atoms with Crippen molar-refractivity contribution in [3.63, 3.8) is 0 Å². The second-order valence-electron chi connectivity index (χ2n) is 4.97. The van der Waals surface area contributed by atoms with Crippen LogP contribution in [0.15, 0.2) is 27.2 Å². The quantitative estimate of drug-likeness (QED) is 0.912. The van der Waals surface area contributed by atoms with Crippen LogP contribution in [-0.4, -0.2) is 18.4 Å². The van der Waals surface area contributed by atoms with Crippen LogP contribution in [0.5, 0.6) is 11.5 Å². The smallest absolute Gasteiger partial charge is 0.175 e. The molecular formula is C15H17BrN2O3. The third kappa shape index (κ3) is 2.91. The highest BCUT2D eigenvalue weighted by atomic mass is 79.9. The molecule has 0 aliphatic carbocycles. The number of rotatable bonds is 3. The van der Waals surface area contributed by atoms with Crippen LogP contribution in [0.2, 0.25) is 0 Å². The number of benzene rings is 1. The third-order valence-electron chi connectivity index (χ3n) is 3.43. The summed E-state index contributed by atoms with van der Waals surface area (Å²) in [5.41, 5.74) is 7.61. The van der Waals surface area contributed by atoms with Crippen molar-refractivity contribution in [3.8, 4) is 22.8 Å². The average molecular weight is 353 g/mol. The summed E-state index contributed by atoms with van der Waals surface area (Å²) in [5, 5.41) is 4.10. The van der Waals surface area contributed by atoms with Gasteiger partial charge in [0.2, 0.25) is 0 Å². The number of nitrogens with zero attached hydrogens (tertiary/aromatic N) is 1. The first kappa shape index (κ1) is 14.4. The molecule has 1 aliphatic rings. The molecule has 0 amide bonds. The fourth-order valence-electron chi connectivity index (χ4n) is 2.18. The van der Waals surface area contributed by atoms with Crippen LogP contribution in [0, 0.1) is 0 Å². The molecule has 1 aromatic heterocycles. The summed E-state index contributed by atoms with van der Waals surface area (Å²) in [7, 11) is 0. The summed E-state index contributed by atoms with van der Waals surface area (Å²) in [4.78, 5) is 0. The van der Waals surface area contributed by atoms with Crippen LogP contribution in [-0.2, 0) is 0 Å². The van der Waals surface area contributed by atoms with E-state index in [1.54, 1.807) is 0 Å². The first-order chi connectivity index (χ1) is 10.2. The minimum Gasteiger partial charge on any atom is -0.489 e. The zero-order chi connectivity index (χ0) is 14.8. The molecule has 1 aliphatic heterocycles.